The fourth-order valence-corrected chi connectivity index (χ4v) is 2.21. The summed E-state index contributed by atoms with van der Waals surface area (Å²) in [5, 5.41) is 2.43. The van der Waals surface area contributed by atoms with Crippen LogP contribution in [0.3, 0.4) is 0 Å². The molecule has 0 saturated carbocycles. The van der Waals surface area contributed by atoms with E-state index in [4.69, 9.17) is 0 Å². The SMILES string of the molecule is CC(C)(C)NC(=O)OS(=O)(=O)CCc1ccccc1. The Morgan fingerprint density at radius 1 is 1.21 bits per heavy atom. The average Bonchev–Trinajstić information content (AvgIpc) is 2.24. The van der Waals surface area contributed by atoms with E-state index in [0.29, 0.717) is 6.42 Å². The summed E-state index contributed by atoms with van der Waals surface area (Å²) < 4.78 is 27.7. The highest BCUT2D eigenvalue weighted by Gasteiger charge is 2.21. The van der Waals surface area contributed by atoms with Crippen LogP contribution in [-0.4, -0.2) is 25.8 Å². The van der Waals surface area contributed by atoms with Crippen molar-refractivity contribution in [1.82, 2.24) is 5.32 Å². The van der Waals surface area contributed by atoms with Crippen molar-refractivity contribution in [2.45, 2.75) is 32.7 Å². The van der Waals surface area contributed by atoms with Gasteiger partial charge in [0, 0.05) is 5.54 Å². The van der Waals surface area contributed by atoms with E-state index < -0.39 is 21.8 Å². The molecule has 19 heavy (non-hydrogen) atoms. The third-order valence-electron chi connectivity index (χ3n) is 2.16. The largest absolute Gasteiger partial charge is 0.423 e. The van der Waals surface area contributed by atoms with Gasteiger partial charge in [-0.25, -0.2) is 4.79 Å². The number of hydrogen-bond donors (Lipinski definition) is 1. The van der Waals surface area contributed by atoms with Gasteiger partial charge in [-0.1, -0.05) is 30.3 Å². The van der Waals surface area contributed by atoms with Crippen molar-refractivity contribution in [1.29, 1.82) is 0 Å². The van der Waals surface area contributed by atoms with Crippen LogP contribution < -0.4 is 5.32 Å². The van der Waals surface area contributed by atoms with Crippen LogP contribution in [0.4, 0.5) is 4.79 Å². The molecule has 6 heteroatoms. The smallest absolute Gasteiger partial charge is 0.328 e. The predicted molar refractivity (Wildman–Crippen MR) is 73.3 cm³/mol. The summed E-state index contributed by atoms with van der Waals surface area (Å²) >= 11 is 0. The lowest BCUT2D eigenvalue weighted by atomic mass is 10.1. The Labute approximate surface area is 114 Å². The van der Waals surface area contributed by atoms with Crippen LogP contribution in [-0.2, 0) is 20.7 Å². The molecule has 0 saturated heterocycles. The molecule has 0 heterocycles. The topological polar surface area (TPSA) is 72.5 Å². The second-order valence-corrected chi connectivity index (χ2v) is 6.93. The fraction of sp³-hybridized carbons (Fsp3) is 0.462. The number of benzene rings is 1. The second-order valence-electron chi connectivity index (χ2n) is 5.24. The minimum atomic E-state index is -3.86. The van der Waals surface area contributed by atoms with E-state index in [-0.39, 0.29) is 5.75 Å². The van der Waals surface area contributed by atoms with Crippen LogP contribution in [0.5, 0.6) is 0 Å². The molecular weight excluding hydrogens is 266 g/mol. The van der Waals surface area contributed by atoms with Gasteiger partial charge in [-0.3, -0.25) is 0 Å². The van der Waals surface area contributed by atoms with Crippen LogP contribution in [0.15, 0.2) is 30.3 Å². The number of aryl methyl sites for hydroxylation is 1. The summed E-state index contributed by atoms with van der Waals surface area (Å²) in [6, 6.07) is 9.16. The minimum absolute atomic E-state index is 0.228. The lowest BCUT2D eigenvalue weighted by Crippen LogP contribution is -2.42. The van der Waals surface area contributed by atoms with E-state index in [2.05, 4.69) is 9.50 Å². The summed E-state index contributed by atoms with van der Waals surface area (Å²) in [5.41, 5.74) is 0.345. The van der Waals surface area contributed by atoms with Crippen molar-refractivity contribution in [3.63, 3.8) is 0 Å². The quantitative estimate of drug-likeness (QED) is 0.860. The molecule has 1 aromatic rings. The molecule has 1 aromatic carbocycles. The van der Waals surface area contributed by atoms with Crippen LogP contribution in [0.25, 0.3) is 0 Å². The van der Waals surface area contributed by atoms with E-state index in [0.717, 1.165) is 5.56 Å². The number of hydrogen-bond acceptors (Lipinski definition) is 4. The maximum atomic E-state index is 11.6. The number of amides is 1. The maximum Gasteiger partial charge on any atom is 0.423 e. The zero-order valence-electron chi connectivity index (χ0n) is 11.3. The monoisotopic (exact) mass is 285 g/mol. The van der Waals surface area contributed by atoms with Crippen molar-refractivity contribution in [3.05, 3.63) is 35.9 Å². The van der Waals surface area contributed by atoms with Crippen LogP contribution in [0.2, 0.25) is 0 Å². The van der Waals surface area contributed by atoms with Crippen LogP contribution >= 0.6 is 0 Å². The summed E-state index contributed by atoms with van der Waals surface area (Å²) in [6.07, 6.45) is -0.632. The lowest BCUT2D eigenvalue weighted by Gasteiger charge is -2.19. The molecule has 0 atom stereocenters. The summed E-state index contributed by atoms with van der Waals surface area (Å²) in [5.74, 6) is -0.228. The van der Waals surface area contributed by atoms with Gasteiger partial charge in [-0.2, -0.15) is 8.42 Å². The van der Waals surface area contributed by atoms with Crippen molar-refractivity contribution < 1.29 is 17.4 Å². The Morgan fingerprint density at radius 2 is 1.79 bits per heavy atom. The highest BCUT2D eigenvalue weighted by atomic mass is 32.2. The molecule has 0 aliphatic heterocycles. The molecule has 5 nitrogen and oxygen atoms in total. The molecule has 0 fully saturated rings. The van der Waals surface area contributed by atoms with Gasteiger partial charge in [0.05, 0.1) is 5.75 Å². The number of rotatable bonds is 4. The van der Waals surface area contributed by atoms with Crippen molar-refractivity contribution in [3.8, 4) is 0 Å². The van der Waals surface area contributed by atoms with Crippen molar-refractivity contribution >= 4 is 16.2 Å². The molecule has 1 amide bonds. The number of nitrogens with one attached hydrogen (secondary N) is 1. The van der Waals surface area contributed by atoms with Gasteiger partial charge in [0.2, 0.25) is 0 Å². The molecule has 0 aromatic heterocycles. The molecule has 0 aliphatic carbocycles. The molecule has 1 N–H and O–H groups in total. The Hall–Kier alpha value is -1.56. The highest BCUT2D eigenvalue weighted by molar-refractivity contribution is 7.87. The zero-order chi connectivity index (χ0) is 14.5. The van der Waals surface area contributed by atoms with Gasteiger partial charge < -0.3 is 9.50 Å². The maximum absolute atomic E-state index is 11.6. The summed E-state index contributed by atoms with van der Waals surface area (Å²) in [4.78, 5) is 11.4. The molecule has 0 unspecified atom stereocenters. The molecule has 106 valence electrons. The second kappa shape index (κ2) is 6.06. The van der Waals surface area contributed by atoms with E-state index >= 15 is 0 Å². The Kier molecular flexibility index (Phi) is 4.94. The molecular formula is C13H19NO4S. The number of carbonyl (C=O) groups is 1. The van der Waals surface area contributed by atoms with Crippen LogP contribution in [0, 0.1) is 0 Å². The minimum Gasteiger partial charge on any atom is -0.328 e. The first-order valence-corrected chi connectivity index (χ1v) is 7.54. The molecule has 0 bridgehead atoms. The first-order valence-electron chi connectivity index (χ1n) is 5.96. The Balaban J connectivity index is 2.51. The van der Waals surface area contributed by atoms with E-state index in [1.54, 1.807) is 20.8 Å². The molecule has 1 rings (SSSR count). The summed E-state index contributed by atoms with van der Waals surface area (Å²) in [7, 11) is -3.86. The zero-order valence-corrected chi connectivity index (χ0v) is 12.2. The van der Waals surface area contributed by atoms with E-state index in [1.807, 2.05) is 30.3 Å². The van der Waals surface area contributed by atoms with Crippen molar-refractivity contribution in [2.75, 3.05) is 5.75 Å². The van der Waals surface area contributed by atoms with Crippen LogP contribution in [0.1, 0.15) is 26.3 Å². The Morgan fingerprint density at radius 3 is 2.32 bits per heavy atom. The third-order valence-corrected chi connectivity index (χ3v) is 3.27. The lowest BCUT2D eigenvalue weighted by molar-refractivity contribution is 0.193. The van der Waals surface area contributed by atoms with E-state index in [1.165, 1.54) is 0 Å². The third kappa shape index (κ3) is 6.81. The summed E-state index contributed by atoms with van der Waals surface area (Å²) in [6.45, 7) is 5.22. The molecule has 0 aliphatic rings. The van der Waals surface area contributed by atoms with Gasteiger partial charge in [0.15, 0.2) is 0 Å². The first kappa shape index (κ1) is 15.5. The van der Waals surface area contributed by atoms with Gasteiger partial charge in [0.1, 0.15) is 0 Å². The fourth-order valence-electron chi connectivity index (χ4n) is 1.37. The van der Waals surface area contributed by atoms with Gasteiger partial charge in [0.25, 0.3) is 0 Å². The normalized spacial score (nSPS) is 11.9. The molecule has 0 radical (unpaired) electrons. The average molecular weight is 285 g/mol. The predicted octanol–water partition coefficient (Wildman–Crippen LogP) is 2.08. The van der Waals surface area contributed by atoms with Gasteiger partial charge >= 0.3 is 16.2 Å². The van der Waals surface area contributed by atoms with Gasteiger partial charge in [-0.05, 0) is 32.8 Å². The number of carbonyl (C=O) groups excluding carboxylic acids is 1. The highest BCUT2D eigenvalue weighted by Crippen LogP contribution is 2.05. The van der Waals surface area contributed by atoms with E-state index in [9.17, 15) is 13.2 Å². The van der Waals surface area contributed by atoms with Crippen molar-refractivity contribution in [2.24, 2.45) is 0 Å². The Bertz CT molecular complexity index is 517. The first-order chi connectivity index (χ1) is 8.68. The van der Waals surface area contributed by atoms with Gasteiger partial charge in [-0.15, -0.1) is 0 Å². The molecule has 0 spiro atoms. The standard InChI is InChI=1S/C13H19NO4S/c1-13(2,3)14-12(15)18-19(16,17)10-9-11-7-5-4-6-8-11/h4-8H,9-10H2,1-3H3,(H,14,15).